The minimum absolute atomic E-state index is 0.0339. The van der Waals surface area contributed by atoms with Gasteiger partial charge < -0.3 is 31.1 Å². The number of carbonyl (C=O) groups excluding carboxylic acids is 3. The van der Waals surface area contributed by atoms with Crippen LogP contribution in [0, 0.1) is 11.8 Å². The molecule has 1 heterocycles. The average Bonchev–Trinajstić information content (AvgIpc) is 3.34. The number of amides is 1. The fourth-order valence-corrected chi connectivity index (χ4v) is 7.65. The maximum absolute atomic E-state index is 14.0. The molecule has 1 aromatic rings. The molecule has 6 N–H and O–H groups in total. The topological polar surface area (TPSA) is 168 Å². The van der Waals surface area contributed by atoms with Gasteiger partial charge in [-0.25, -0.2) is 0 Å². The van der Waals surface area contributed by atoms with Crippen LogP contribution in [0.1, 0.15) is 36.0 Å². The highest BCUT2D eigenvalue weighted by Gasteiger charge is 2.64. The number of likely N-dealkylation sites (N-methyl/N-ethyl adjacent to an activating group) is 1. The first-order valence-corrected chi connectivity index (χ1v) is 13.9. The quantitative estimate of drug-likeness (QED) is 0.310. The molecule has 11 nitrogen and oxygen atoms in total. The number of aliphatic hydroxyl groups is 3. The number of Topliss-reactive ketones (excluding diaryl/α,β-unsaturated/α-hetero) is 2. The van der Waals surface area contributed by atoms with Crippen molar-refractivity contribution in [3.8, 4) is 5.75 Å². The number of halogens is 3. The Hall–Kier alpha value is -3.62. The van der Waals surface area contributed by atoms with Crippen LogP contribution in [0.4, 0.5) is 18.9 Å². The first-order valence-electron chi connectivity index (χ1n) is 13.9. The molecule has 2 fully saturated rings. The molecule has 0 radical (unpaired) electrons. The van der Waals surface area contributed by atoms with Gasteiger partial charge in [-0.05, 0) is 69.4 Å². The number of fused-ring (bicyclic) bond motifs is 3. The van der Waals surface area contributed by atoms with E-state index in [0.717, 1.165) is 0 Å². The second kappa shape index (κ2) is 10.2. The molecule has 3 aliphatic carbocycles. The normalized spacial score (nSPS) is 29.6. The first-order chi connectivity index (χ1) is 19.9. The zero-order valence-electron chi connectivity index (χ0n) is 24.2. The van der Waals surface area contributed by atoms with E-state index in [1.54, 1.807) is 19.0 Å². The predicted molar refractivity (Wildman–Crippen MR) is 148 cm³/mol. The number of aromatic hydroxyl groups is 1. The highest BCUT2D eigenvalue weighted by Crippen LogP contribution is 2.54. The van der Waals surface area contributed by atoms with Gasteiger partial charge in [-0.1, -0.05) is 0 Å². The van der Waals surface area contributed by atoms with Crippen molar-refractivity contribution in [2.75, 3.05) is 39.6 Å². The third-order valence-electron chi connectivity index (χ3n) is 9.33. The van der Waals surface area contributed by atoms with Crippen LogP contribution in [0.25, 0.3) is 5.76 Å². The van der Waals surface area contributed by atoms with E-state index in [9.17, 15) is 48.0 Å². The molecule has 1 aromatic carbocycles. The Morgan fingerprint density at radius 3 is 2.37 bits per heavy atom. The fraction of sp³-hybridized carbons (Fsp3) is 0.552. The lowest BCUT2D eigenvalue weighted by molar-refractivity contribution is -0.177. The van der Waals surface area contributed by atoms with Crippen molar-refractivity contribution in [3.05, 3.63) is 39.7 Å². The number of nitrogens with two attached hydrogens (primary N) is 1. The first kappa shape index (κ1) is 30.8. The maximum Gasteiger partial charge on any atom is 0.404 e. The van der Waals surface area contributed by atoms with Crippen LogP contribution in [0.15, 0.2) is 23.0 Å². The highest BCUT2D eigenvalue weighted by atomic mass is 19.4. The second-order valence-electron chi connectivity index (χ2n) is 12.3. The number of anilines is 1. The summed E-state index contributed by atoms with van der Waals surface area (Å²) in [6.07, 6.45) is -4.15. The summed E-state index contributed by atoms with van der Waals surface area (Å²) in [5, 5.41) is 45.3. The molecule has 0 aromatic heterocycles. The van der Waals surface area contributed by atoms with Gasteiger partial charge in [0.05, 0.1) is 11.6 Å². The Labute approximate surface area is 245 Å². The number of benzene rings is 1. The molecule has 0 unspecified atom stereocenters. The Morgan fingerprint density at radius 1 is 1.16 bits per heavy atom. The number of aliphatic hydroxyl groups excluding tert-OH is 2. The number of hydrogen-bond acceptors (Lipinski definition) is 10. The number of carbonyl (C=O) groups is 3. The number of nitrogens with zero attached hydrogens (tertiary/aromatic N) is 3. The van der Waals surface area contributed by atoms with Gasteiger partial charge >= 0.3 is 6.18 Å². The van der Waals surface area contributed by atoms with Gasteiger partial charge in [0, 0.05) is 37.8 Å². The van der Waals surface area contributed by atoms with Gasteiger partial charge in [0.25, 0.3) is 5.91 Å². The number of rotatable bonds is 5. The summed E-state index contributed by atoms with van der Waals surface area (Å²) in [7, 11) is 6.37. The lowest BCUT2D eigenvalue weighted by atomic mass is 9.57. The van der Waals surface area contributed by atoms with E-state index in [-0.39, 0.29) is 43.5 Å². The Kier molecular flexibility index (Phi) is 7.34. The molecule has 0 spiro atoms. The summed E-state index contributed by atoms with van der Waals surface area (Å²) < 4.78 is 41.1. The predicted octanol–water partition coefficient (Wildman–Crippen LogP) is 1.56. The zero-order chi connectivity index (χ0) is 31.9. The summed E-state index contributed by atoms with van der Waals surface area (Å²) in [4.78, 5) is 43.8. The number of phenols is 1. The molecule has 234 valence electrons. The van der Waals surface area contributed by atoms with Crippen LogP contribution in [0.5, 0.6) is 5.75 Å². The molecular formula is C29H35F3N4O7. The van der Waals surface area contributed by atoms with E-state index in [1.807, 2.05) is 0 Å². The van der Waals surface area contributed by atoms with Gasteiger partial charge in [-0.2, -0.15) is 13.2 Å². The lowest BCUT2D eigenvalue weighted by Gasteiger charge is -2.50. The van der Waals surface area contributed by atoms with Crippen LogP contribution in [0.2, 0.25) is 0 Å². The smallest absolute Gasteiger partial charge is 0.404 e. The summed E-state index contributed by atoms with van der Waals surface area (Å²) in [6, 6.07) is -1.58. The number of phenolic OH excluding ortho intramolecular Hbond substituents is 1. The molecule has 43 heavy (non-hydrogen) atoms. The van der Waals surface area contributed by atoms with E-state index >= 15 is 0 Å². The number of primary amides is 1. The largest absolute Gasteiger partial charge is 0.508 e. The maximum atomic E-state index is 14.0. The van der Waals surface area contributed by atoms with Crippen molar-refractivity contribution in [3.63, 3.8) is 0 Å². The van der Waals surface area contributed by atoms with E-state index < -0.39 is 76.0 Å². The van der Waals surface area contributed by atoms with Crippen molar-refractivity contribution in [2.45, 2.75) is 56.1 Å². The third kappa shape index (κ3) is 4.49. The average molecular weight is 609 g/mol. The summed E-state index contributed by atoms with van der Waals surface area (Å²) >= 11 is 0. The minimum Gasteiger partial charge on any atom is -0.508 e. The molecule has 5 rings (SSSR count). The van der Waals surface area contributed by atoms with Crippen LogP contribution in [-0.4, -0.2) is 106 Å². The van der Waals surface area contributed by atoms with E-state index in [4.69, 9.17) is 5.73 Å². The van der Waals surface area contributed by atoms with Gasteiger partial charge in [0.15, 0.2) is 11.4 Å². The SMILES string of the molecule is CN(C)c1c(CN2CCC[C@H]2C(F)(F)F)cc(O)c2c1C[C@H]1C[C@H]3[C@H](N(C)C)C(=O)C(C(N)=O)=C(O)[C@@]3(O)C(=O)C1=C2O. The van der Waals surface area contributed by atoms with Crippen LogP contribution in [-0.2, 0) is 27.3 Å². The van der Waals surface area contributed by atoms with Crippen molar-refractivity contribution < 1.29 is 48.0 Å². The second-order valence-corrected chi connectivity index (χ2v) is 12.3. The van der Waals surface area contributed by atoms with Crippen molar-refractivity contribution in [2.24, 2.45) is 17.6 Å². The lowest BCUT2D eigenvalue weighted by Crippen LogP contribution is -2.65. The summed E-state index contributed by atoms with van der Waals surface area (Å²) in [5.41, 5.74) is 2.55. The van der Waals surface area contributed by atoms with Crippen molar-refractivity contribution in [1.29, 1.82) is 0 Å². The summed E-state index contributed by atoms with van der Waals surface area (Å²) in [6.45, 7) is 0.0967. The monoisotopic (exact) mass is 608 g/mol. The van der Waals surface area contributed by atoms with E-state index in [2.05, 4.69) is 0 Å². The van der Waals surface area contributed by atoms with Gasteiger partial charge in [0.2, 0.25) is 5.78 Å². The van der Waals surface area contributed by atoms with Crippen LogP contribution < -0.4 is 10.6 Å². The molecular weight excluding hydrogens is 573 g/mol. The number of likely N-dealkylation sites (tertiary alicyclic amines) is 1. The van der Waals surface area contributed by atoms with Crippen LogP contribution >= 0.6 is 0 Å². The third-order valence-corrected chi connectivity index (χ3v) is 9.33. The standard InChI is InChI=1S/C29H35F3N4O7/c1-34(2)21-13(11-36-7-5-6-17(36)29(30,31)32)10-16(37)19-14(21)8-12-9-15-22(35(3)4)24(39)20(27(33)42)26(41)28(15,43)25(40)18(12)23(19)38/h10,12,15,17,22,37-38,41,43H,5-9,11H2,1-4H3,(H2,33,42)/t12-,15-,17-,22-,28-/m0/s1. The Bertz CT molecular complexity index is 1480. The molecule has 5 atom stereocenters. The van der Waals surface area contributed by atoms with E-state index in [0.29, 0.717) is 23.2 Å². The molecule has 1 saturated heterocycles. The number of hydrogen-bond donors (Lipinski definition) is 5. The highest BCUT2D eigenvalue weighted by molar-refractivity contribution is 6.24. The van der Waals surface area contributed by atoms with Gasteiger partial charge in [-0.3, -0.25) is 24.2 Å². The molecule has 4 aliphatic rings. The van der Waals surface area contributed by atoms with E-state index in [1.165, 1.54) is 30.0 Å². The Balaban J connectivity index is 1.67. The van der Waals surface area contributed by atoms with Crippen LogP contribution in [0.3, 0.4) is 0 Å². The van der Waals surface area contributed by atoms with Crippen molar-refractivity contribution in [1.82, 2.24) is 9.80 Å². The number of alkyl halides is 3. The molecule has 1 amide bonds. The van der Waals surface area contributed by atoms with Gasteiger partial charge in [-0.15, -0.1) is 0 Å². The fourth-order valence-electron chi connectivity index (χ4n) is 7.65. The molecule has 1 saturated carbocycles. The number of ketones is 2. The molecule has 14 heteroatoms. The van der Waals surface area contributed by atoms with Crippen molar-refractivity contribution >= 4 is 28.9 Å². The molecule has 0 bridgehead atoms. The molecule has 1 aliphatic heterocycles. The zero-order valence-corrected chi connectivity index (χ0v) is 24.2. The summed E-state index contributed by atoms with van der Waals surface area (Å²) in [5.74, 6) is -7.65. The van der Waals surface area contributed by atoms with Gasteiger partial charge in [0.1, 0.15) is 28.9 Å². The Morgan fingerprint density at radius 2 is 1.81 bits per heavy atom. The minimum atomic E-state index is -4.42.